The Balaban J connectivity index is 1.92. The lowest BCUT2D eigenvalue weighted by Crippen LogP contribution is -1.82. The minimum Gasteiger partial charge on any atom is -0.235 e. The minimum atomic E-state index is 1.07. The van der Waals surface area contributed by atoms with E-state index < -0.39 is 0 Å². The Hall–Kier alpha value is -1.88. The van der Waals surface area contributed by atoms with Crippen molar-refractivity contribution in [3.63, 3.8) is 0 Å². The summed E-state index contributed by atoms with van der Waals surface area (Å²) in [6.45, 7) is 0. The fourth-order valence-electron chi connectivity index (χ4n) is 2.62. The van der Waals surface area contributed by atoms with Gasteiger partial charge in [0.1, 0.15) is 5.01 Å². The van der Waals surface area contributed by atoms with Crippen molar-refractivity contribution in [2.75, 3.05) is 6.26 Å². The Morgan fingerprint density at radius 2 is 1.50 bits per heavy atom. The van der Waals surface area contributed by atoms with Crippen molar-refractivity contribution in [1.82, 2.24) is 4.98 Å². The van der Waals surface area contributed by atoms with Gasteiger partial charge in [-0.15, -0.1) is 34.4 Å². The maximum atomic E-state index is 5.02. The van der Waals surface area contributed by atoms with Gasteiger partial charge in [-0.05, 0) is 23.3 Å². The van der Waals surface area contributed by atoms with Crippen LogP contribution in [-0.4, -0.2) is 11.2 Å². The molecule has 0 amide bonds. The normalized spacial score (nSPS) is 10.9. The molecule has 24 heavy (non-hydrogen) atoms. The van der Waals surface area contributed by atoms with Crippen molar-refractivity contribution < 1.29 is 0 Å². The molecule has 0 saturated carbocycles. The minimum absolute atomic E-state index is 1.07. The summed E-state index contributed by atoms with van der Waals surface area (Å²) in [5, 5.41) is 3.24. The van der Waals surface area contributed by atoms with Gasteiger partial charge in [0.2, 0.25) is 0 Å². The molecule has 0 fully saturated rings. The predicted molar refractivity (Wildman–Crippen MR) is 108 cm³/mol. The number of aromatic nitrogens is 1. The van der Waals surface area contributed by atoms with Gasteiger partial charge >= 0.3 is 0 Å². The van der Waals surface area contributed by atoms with Crippen molar-refractivity contribution in [3.05, 3.63) is 72.1 Å². The van der Waals surface area contributed by atoms with Crippen LogP contribution in [0.1, 0.15) is 0 Å². The van der Waals surface area contributed by atoms with Crippen LogP contribution in [0.2, 0.25) is 0 Å². The summed E-state index contributed by atoms with van der Waals surface area (Å²) < 4.78 is 1.32. The van der Waals surface area contributed by atoms with Crippen LogP contribution in [0.5, 0.6) is 0 Å². The van der Waals surface area contributed by atoms with Crippen LogP contribution in [0.3, 0.4) is 0 Å². The Bertz CT molecular complexity index is 882. The van der Waals surface area contributed by atoms with Crippen LogP contribution < -0.4 is 0 Å². The van der Waals surface area contributed by atoms with Crippen LogP contribution >= 0.6 is 34.4 Å². The highest BCUT2D eigenvalue weighted by Gasteiger charge is 2.18. The number of thiophene rings is 1. The molecule has 118 valence electrons. The summed E-state index contributed by atoms with van der Waals surface area (Å²) in [7, 11) is 0. The molecule has 1 nitrogen and oxygen atoms in total. The molecule has 0 radical (unpaired) electrons. The highest BCUT2D eigenvalue weighted by atomic mass is 32.2. The fraction of sp³-hybridized carbons (Fsp3) is 0.0500. The Morgan fingerprint density at radius 1 is 0.833 bits per heavy atom. The zero-order valence-electron chi connectivity index (χ0n) is 13.1. The molecule has 0 unspecified atom stereocenters. The number of thiazole rings is 1. The van der Waals surface area contributed by atoms with Gasteiger partial charge in [-0.3, -0.25) is 0 Å². The smallest absolute Gasteiger partial charge is 0.126 e. The first-order valence-electron chi connectivity index (χ1n) is 7.60. The largest absolute Gasteiger partial charge is 0.235 e. The molecule has 0 aliphatic heterocycles. The van der Waals surface area contributed by atoms with E-state index in [2.05, 4.69) is 72.3 Å². The van der Waals surface area contributed by atoms with Crippen LogP contribution in [0.15, 0.2) is 76.3 Å². The van der Waals surface area contributed by atoms with E-state index in [-0.39, 0.29) is 0 Å². The van der Waals surface area contributed by atoms with Crippen molar-refractivity contribution in [2.24, 2.45) is 0 Å². The van der Waals surface area contributed by atoms with Gasteiger partial charge < -0.3 is 0 Å². The third-order valence-corrected chi connectivity index (χ3v) is 6.98. The number of benzene rings is 2. The standard InChI is InChI=1S/C20H15NS3/c1-22-20-16(12-13-23-20)19-21-17(14-8-4-2-5-9-14)18(24-19)15-10-6-3-7-11-15/h2-13H,1H3. The summed E-state index contributed by atoms with van der Waals surface area (Å²) in [5.74, 6) is 0. The summed E-state index contributed by atoms with van der Waals surface area (Å²) in [5.41, 5.74) is 4.71. The molecular weight excluding hydrogens is 350 g/mol. The molecule has 0 atom stereocenters. The third-order valence-electron chi connectivity index (χ3n) is 3.76. The molecule has 4 rings (SSSR count). The SMILES string of the molecule is CSc1sccc1-c1nc(-c2ccccc2)c(-c2ccccc2)s1. The van der Waals surface area contributed by atoms with Gasteiger partial charge in [0.15, 0.2) is 0 Å². The third kappa shape index (κ3) is 2.93. The van der Waals surface area contributed by atoms with Crippen LogP contribution in [0.4, 0.5) is 0 Å². The molecule has 0 aliphatic rings. The molecule has 0 N–H and O–H groups in total. The molecule has 2 aromatic heterocycles. The lowest BCUT2D eigenvalue weighted by Gasteiger charge is -2.02. The first kappa shape index (κ1) is 15.6. The topological polar surface area (TPSA) is 12.9 Å². The van der Waals surface area contributed by atoms with E-state index in [1.807, 2.05) is 6.07 Å². The van der Waals surface area contributed by atoms with Gasteiger partial charge in [-0.2, -0.15) is 0 Å². The zero-order chi connectivity index (χ0) is 16.4. The molecule has 4 heteroatoms. The molecule has 0 spiro atoms. The van der Waals surface area contributed by atoms with Gasteiger partial charge in [-0.1, -0.05) is 60.7 Å². The van der Waals surface area contributed by atoms with Gasteiger partial charge in [-0.25, -0.2) is 4.98 Å². The summed E-state index contributed by atoms with van der Waals surface area (Å²) in [6, 6.07) is 23.2. The summed E-state index contributed by atoms with van der Waals surface area (Å²) in [6.07, 6.45) is 2.12. The van der Waals surface area contributed by atoms with Crippen molar-refractivity contribution in [1.29, 1.82) is 0 Å². The Kier molecular flexibility index (Phi) is 4.52. The van der Waals surface area contributed by atoms with Gasteiger partial charge in [0, 0.05) is 11.1 Å². The Morgan fingerprint density at radius 3 is 2.17 bits per heavy atom. The zero-order valence-corrected chi connectivity index (χ0v) is 15.5. The van der Waals surface area contributed by atoms with Gasteiger partial charge in [0.25, 0.3) is 0 Å². The fourth-order valence-corrected chi connectivity index (χ4v) is 5.43. The van der Waals surface area contributed by atoms with E-state index in [0.717, 1.165) is 10.7 Å². The van der Waals surface area contributed by atoms with E-state index in [1.165, 1.54) is 25.8 Å². The highest BCUT2D eigenvalue weighted by Crippen LogP contribution is 2.43. The number of nitrogens with zero attached hydrogens (tertiary/aromatic N) is 1. The van der Waals surface area contributed by atoms with Crippen molar-refractivity contribution in [2.45, 2.75) is 4.21 Å². The average molecular weight is 366 g/mol. The van der Waals surface area contributed by atoms with Crippen LogP contribution in [-0.2, 0) is 0 Å². The first-order valence-corrected chi connectivity index (χ1v) is 10.5. The maximum Gasteiger partial charge on any atom is 0.126 e. The second-order valence-electron chi connectivity index (χ2n) is 5.25. The number of thioether (sulfide) groups is 1. The molecular formula is C20H15NS3. The van der Waals surface area contributed by atoms with Gasteiger partial charge in [0.05, 0.1) is 14.8 Å². The lowest BCUT2D eigenvalue weighted by atomic mass is 10.1. The van der Waals surface area contributed by atoms with Crippen LogP contribution in [0, 0.1) is 0 Å². The molecule has 2 aromatic carbocycles. The van der Waals surface area contributed by atoms with E-state index in [1.54, 1.807) is 34.4 Å². The molecule has 0 bridgehead atoms. The second-order valence-corrected chi connectivity index (χ2v) is 8.24. The number of rotatable bonds is 4. The molecule has 4 aromatic rings. The molecule has 2 heterocycles. The van der Waals surface area contributed by atoms with E-state index in [0.29, 0.717) is 0 Å². The monoisotopic (exact) mass is 365 g/mol. The predicted octanol–water partition coefficient (Wildman–Crippen LogP) is 6.93. The summed E-state index contributed by atoms with van der Waals surface area (Å²) >= 11 is 5.35. The summed E-state index contributed by atoms with van der Waals surface area (Å²) in [4.78, 5) is 6.25. The second kappa shape index (κ2) is 6.93. The van der Waals surface area contributed by atoms with E-state index in [9.17, 15) is 0 Å². The average Bonchev–Trinajstić information content (AvgIpc) is 3.29. The number of hydrogen-bond acceptors (Lipinski definition) is 4. The quantitative estimate of drug-likeness (QED) is 0.364. The maximum absolute atomic E-state index is 5.02. The first-order chi connectivity index (χ1) is 11.9. The van der Waals surface area contributed by atoms with E-state index >= 15 is 0 Å². The molecule has 0 aliphatic carbocycles. The highest BCUT2D eigenvalue weighted by molar-refractivity contribution is 8.00. The lowest BCUT2D eigenvalue weighted by molar-refractivity contribution is 1.39. The van der Waals surface area contributed by atoms with E-state index in [4.69, 9.17) is 4.98 Å². The van der Waals surface area contributed by atoms with Crippen molar-refractivity contribution in [3.8, 4) is 32.3 Å². The Labute approximate surface area is 154 Å². The van der Waals surface area contributed by atoms with Crippen LogP contribution in [0.25, 0.3) is 32.3 Å². The number of hydrogen-bond donors (Lipinski definition) is 0. The van der Waals surface area contributed by atoms with Crippen molar-refractivity contribution >= 4 is 34.4 Å². The molecule has 0 saturated heterocycles.